The van der Waals surface area contributed by atoms with Gasteiger partial charge in [0.15, 0.2) is 5.78 Å². The Morgan fingerprint density at radius 3 is 2.65 bits per heavy atom. The molecule has 0 aliphatic carbocycles. The molecule has 4 N–H and O–H groups in total. The van der Waals surface area contributed by atoms with Crippen LogP contribution in [0.3, 0.4) is 0 Å². The average Bonchev–Trinajstić information content (AvgIpc) is 2.60. The summed E-state index contributed by atoms with van der Waals surface area (Å²) in [5.41, 5.74) is 7.34. The molecule has 3 aromatic rings. The molecule has 0 amide bonds. The number of para-hydroxylation sites is 1. The molecule has 0 unspecified atom stereocenters. The van der Waals surface area contributed by atoms with Gasteiger partial charge in [-0.3, -0.25) is 9.59 Å². The van der Waals surface area contributed by atoms with E-state index in [-0.39, 0.29) is 11.3 Å². The van der Waals surface area contributed by atoms with Crippen molar-refractivity contribution in [2.24, 2.45) is 7.05 Å². The van der Waals surface area contributed by atoms with Crippen LogP contribution in [0.25, 0.3) is 10.9 Å². The van der Waals surface area contributed by atoms with Crippen LogP contribution in [-0.4, -0.2) is 15.5 Å². The molecule has 6 nitrogen and oxygen atoms in total. The van der Waals surface area contributed by atoms with Gasteiger partial charge in [-0.2, -0.15) is 0 Å². The zero-order valence-corrected chi connectivity index (χ0v) is 14.5. The number of ketones is 1. The van der Waals surface area contributed by atoms with Crippen molar-refractivity contribution in [2.75, 3.05) is 11.1 Å². The average molecular weight is 349 g/mol. The lowest BCUT2D eigenvalue weighted by atomic mass is 10.1. The number of nitrogen functional groups attached to an aromatic ring is 1. The van der Waals surface area contributed by atoms with Crippen LogP contribution in [0.15, 0.2) is 65.1 Å². The number of carbonyl (C=O) groups excluding carboxylic acids is 1. The first-order chi connectivity index (χ1) is 12.4. The molecule has 0 saturated heterocycles. The number of nitrogens with zero attached hydrogens (tertiary/aromatic N) is 1. The SMILES string of the molecule is C/C(=C\C(=O)c1c(O)c2ccccc2n(C)c1=O)Nc1cccc(N)c1. The van der Waals surface area contributed by atoms with Crippen LogP contribution in [0.2, 0.25) is 0 Å². The Kier molecular flexibility index (Phi) is 4.49. The molecule has 0 fully saturated rings. The molecule has 3 rings (SSSR count). The van der Waals surface area contributed by atoms with Crippen LogP contribution in [0.1, 0.15) is 17.3 Å². The summed E-state index contributed by atoms with van der Waals surface area (Å²) in [5, 5.41) is 14.0. The van der Waals surface area contributed by atoms with Gasteiger partial charge in [-0.15, -0.1) is 0 Å². The molecule has 0 aliphatic rings. The van der Waals surface area contributed by atoms with Crippen molar-refractivity contribution < 1.29 is 9.90 Å². The number of carbonyl (C=O) groups is 1. The minimum Gasteiger partial charge on any atom is -0.506 e. The van der Waals surface area contributed by atoms with Crippen LogP contribution in [0, 0.1) is 0 Å². The van der Waals surface area contributed by atoms with Crippen LogP contribution in [0.5, 0.6) is 5.75 Å². The second kappa shape index (κ2) is 6.76. The lowest BCUT2D eigenvalue weighted by Gasteiger charge is -2.11. The van der Waals surface area contributed by atoms with E-state index in [1.54, 1.807) is 56.4 Å². The third-order valence-corrected chi connectivity index (χ3v) is 4.10. The second-order valence-corrected chi connectivity index (χ2v) is 6.05. The molecule has 2 aromatic carbocycles. The number of aromatic hydroxyl groups is 1. The van der Waals surface area contributed by atoms with Crippen LogP contribution >= 0.6 is 0 Å². The highest BCUT2D eigenvalue weighted by Gasteiger charge is 2.19. The Morgan fingerprint density at radius 2 is 1.92 bits per heavy atom. The van der Waals surface area contributed by atoms with Crippen LogP contribution in [0.4, 0.5) is 11.4 Å². The third kappa shape index (κ3) is 3.17. The maximum Gasteiger partial charge on any atom is 0.265 e. The summed E-state index contributed by atoms with van der Waals surface area (Å²) in [6.45, 7) is 1.70. The highest BCUT2D eigenvalue weighted by molar-refractivity contribution is 6.09. The van der Waals surface area contributed by atoms with Gasteiger partial charge in [0.1, 0.15) is 11.3 Å². The van der Waals surface area contributed by atoms with Gasteiger partial charge in [0, 0.05) is 35.6 Å². The number of nitrogens with two attached hydrogens (primary N) is 1. The topological polar surface area (TPSA) is 97.3 Å². The summed E-state index contributed by atoms with van der Waals surface area (Å²) in [6, 6.07) is 14.0. The molecule has 0 aliphatic heterocycles. The van der Waals surface area contributed by atoms with Gasteiger partial charge in [-0.25, -0.2) is 0 Å². The Bertz CT molecular complexity index is 1100. The summed E-state index contributed by atoms with van der Waals surface area (Å²) in [5.74, 6) is -0.871. The molecule has 1 aromatic heterocycles. The maximum absolute atomic E-state index is 12.6. The van der Waals surface area contributed by atoms with Crippen molar-refractivity contribution in [3.05, 3.63) is 76.2 Å². The Balaban J connectivity index is 2.01. The lowest BCUT2D eigenvalue weighted by molar-refractivity contribution is 0.104. The van der Waals surface area contributed by atoms with E-state index in [4.69, 9.17) is 5.73 Å². The van der Waals surface area contributed by atoms with Gasteiger partial charge in [-0.1, -0.05) is 18.2 Å². The lowest BCUT2D eigenvalue weighted by Crippen LogP contribution is -2.24. The maximum atomic E-state index is 12.6. The predicted molar refractivity (Wildman–Crippen MR) is 103 cm³/mol. The molecule has 0 atom stereocenters. The standard InChI is InChI=1S/C20H19N3O3/c1-12(22-14-7-5-6-13(21)11-14)10-17(24)18-19(25)15-8-3-4-9-16(15)23(2)20(18)26/h3-11,22,25H,21H2,1-2H3/b12-10+. The fourth-order valence-corrected chi connectivity index (χ4v) is 2.85. The minimum atomic E-state index is -0.567. The monoisotopic (exact) mass is 349 g/mol. The molecule has 0 spiro atoms. The largest absolute Gasteiger partial charge is 0.506 e. The van der Waals surface area contributed by atoms with Crippen molar-refractivity contribution in [1.82, 2.24) is 4.57 Å². The molecule has 6 heteroatoms. The van der Waals surface area contributed by atoms with E-state index >= 15 is 0 Å². The van der Waals surface area contributed by atoms with Gasteiger partial charge < -0.3 is 20.7 Å². The Labute approximate surface area is 150 Å². The van der Waals surface area contributed by atoms with Crippen LogP contribution in [-0.2, 0) is 7.05 Å². The first-order valence-corrected chi connectivity index (χ1v) is 8.04. The zero-order chi connectivity index (χ0) is 18.8. The van der Waals surface area contributed by atoms with Gasteiger partial charge in [0.2, 0.25) is 0 Å². The van der Waals surface area contributed by atoms with Crippen molar-refractivity contribution in [3.8, 4) is 5.75 Å². The number of rotatable bonds is 4. The van der Waals surface area contributed by atoms with E-state index in [0.29, 0.717) is 22.3 Å². The van der Waals surface area contributed by atoms with Crippen molar-refractivity contribution in [2.45, 2.75) is 6.92 Å². The van der Waals surface area contributed by atoms with E-state index in [1.807, 2.05) is 6.07 Å². The molecule has 0 radical (unpaired) electrons. The normalized spacial score (nSPS) is 11.5. The minimum absolute atomic E-state index is 0.250. The van der Waals surface area contributed by atoms with E-state index < -0.39 is 11.3 Å². The molecule has 132 valence electrons. The van der Waals surface area contributed by atoms with Crippen LogP contribution < -0.4 is 16.6 Å². The van der Waals surface area contributed by atoms with Crippen molar-refractivity contribution in [1.29, 1.82) is 0 Å². The van der Waals surface area contributed by atoms with E-state index in [1.165, 1.54) is 10.6 Å². The highest BCUT2D eigenvalue weighted by Crippen LogP contribution is 2.26. The quantitative estimate of drug-likeness (QED) is 0.382. The van der Waals surface area contributed by atoms with Gasteiger partial charge >= 0.3 is 0 Å². The number of nitrogens with one attached hydrogen (secondary N) is 1. The Hall–Kier alpha value is -3.54. The number of aromatic nitrogens is 1. The number of allylic oxidation sites excluding steroid dienone is 2. The number of anilines is 2. The first-order valence-electron chi connectivity index (χ1n) is 8.04. The highest BCUT2D eigenvalue weighted by atomic mass is 16.3. The summed E-state index contributed by atoms with van der Waals surface area (Å²) >= 11 is 0. The molecular formula is C20H19N3O3. The number of fused-ring (bicyclic) bond motifs is 1. The number of hydrogen-bond donors (Lipinski definition) is 3. The third-order valence-electron chi connectivity index (χ3n) is 4.10. The van der Waals surface area contributed by atoms with Crippen molar-refractivity contribution in [3.63, 3.8) is 0 Å². The smallest absolute Gasteiger partial charge is 0.265 e. The Morgan fingerprint density at radius 1 is 1.19 bits per heavy atom. The first kappa shape index (κ1) is 17.3. The molecule has 0 bridgehead atoms. The number of benzene rings is 2. The number of hydrogen-bond acceptors (Lipinski definition) is 5. The van der Waals surface area contributed by atoms with E-state index in [9.17, 15) is 14.7 Å². The van der Waals surface area contributed by atoms with Gasteiger partial charge in [-0.05, 0) is 37.3 Å². The zero-order valence-electron chi connectivity index (χ0n) is 14.5. The summed E-state index contributed by atoms with van der Waals surface area (Å²) in [4.78, 5) is 25.2. The number of aryl methyl sites for hydroxylation is 1. The van der Waals surface area contributed by atoms with Gasteiger partial charge in [0.25, 0.3) is 5.56 Å². The molecule has 1 heterocycles. The predicted octanol–water partition coefficient (Wildman–Crippen LogP) is 3.02. The molecule has 26 heavy (non-hydrogen) atoms. The van der Waals surface area contributed by atoms with E-state index in [0.717, 1.165) is 5.69 Å². The summed E-state index contributed by atoms with van der Waals surface area (Å²) in [7, 11) is 1.57. The second-order valence-electron chi connectivity index (χ2n) is 6.05. The molecular weight excluding hydrogens is 330 g/mol. The molecule has 0 saturated carbocycles. The van der Waals surface area contributed by atoms with Crippen molar-refractivity contribution >= 4 is 28.1 Å². The fraction of sp³-hybridized carbons (Fsp3) is 0.100. The van der Waals surface area contributed by atoms with E-state index in [2.05, 4.69) is 5.32 Å². The fourth-order valence-electron chi connectivity index (χ4n) is 2.85. The number of pyridine rings is 1. The van der Waals surface area contributed by atoms with Gasteiger partial charge in [0.05, 0.1) is 5.52 Å². The summed E-state index contributed by atoms with van der Waals surface area (Å²) < 4.78 is 1.36. The summed E-state index contributed by atoms with van der Waals surface area (Å²) in [6.07, 6.45) is 1.29.